The molecule has 0 atom stereocenters. The molecular weight excluding hydrogens is 228 g/mol. The van der Waals surface area contributed by atoms with E-state index < -0.39 is 0 Å². The molecular formula is C13H18N4O. The van der Waals surface area contributed by atoms with Gasteiger partial charge < -0.3 is 10.0 Å². The third-order valence-corrected chi connectivity index (χ3v) is 2.75. The van der Waals surface area contributed by atoms with Crippen LogP contribution in [0.3, 0.4) is 0 Å². The van der Waals surface area contributed by atoms with Crippen molar-refractivity contribution >= 4 is 5.95 Å². The maximum absolute atomic E-state index is 9.02. The second-order valence-corrected chi connectivity index (χ2v) is 4.30. The molecule has 0 spiro atoms. The molecule has 0 saturated heterocycles. The molecule has 0 fully saturated rings. The van der Waals surface area contributed by atoms with Gasteiger partial charge in [-0.2, -0.15) is 4.98 Å². The molecule has 0 radical (unpaired) electrons. The molecule has 0 bridgehead atoms. The van der Waals surface area contributed by atoms with Crippen LogP contribution in [0.2, 0.25) is 0 Å². The zero-order valence-electron chi connectivity index (χ0n) is 11.0. The predicted molar refractivity (Wildman–Crippen MR) is 71.4 cm³/mol. The lowest BCUT2D eigenvalue weighted by atomic mass is 10.1. The molecule has 1 aromatic heterocycles. The number of benzene rings is 1. The van der Waals surface area contributed by atoms with Gasteiger partial charge in [0.1, 0.15) is 0 Å². The number of aliphatic hydroxyl groups excluding tert-OH is 1. The van der Waals surface area contributed by atoms with E-state index in [4.69, 9.17) is 5.11 Å². The Morgan fingerprint density at radius 3 is 2.33 bits per heavy atom. The summed E-state index contributed by atoms with van der Waals surface area (Å²) in [5, 5.41) is 13.5. The van der Waals surface area contributed by atoms with Crippen molar-refractivity contribution in [3.8, 4) is 11.4 Å². The summed E-state index contributed by atoms with van der Waals surface area (Å²) in [7, 11) is 3.91. The van der Waals surface area contributed by atoms with E-state index >= 15 is 0 Å². The first-order chi connectivity index (χ1) is 8.65. The Morgan fingerprint density at radius 1 is 1.22 bits per heavy atom. The fraction of sp³-hybridized carbons (Fsp3) is 0.385. The SMILES string of the molecule is CCn1nc(-c2ccc(CO)cc2)nc1N(C)C. The minimum Gasteiger partial charge on any atom is -0.392 e. The highest BCUT2D eigenvalue weighted by Gasteiger charge is 2.11. The van der Waals surface area contributed by atoms with E-state index in [2.05, 4.69) is 10.1 Å². The lowest BCUT2D eigenvalue weighted by Crippen LogP contribution is -2.15. The molecule has 18 heavy (non-hydrogen) atoms. The molecule has 5 nitrogen and oxygen atoms in total. The number of hydrogen-bond donors (Lipinski definition) is 1. The van der Waals surface area contributed by atoms with Gasteiger partial charge in [0.2, 0.25) is 5.95 Å². The molecule has 96 valence electrons. The average molecular weight is 246 g/mol. The van der Waals surface area contributed by atoms with Crippen LogP contribution in [0.1, 0.15) is 12.5 Å². The lowest BCUT2D eigenvalue weighted by Gasteiger charge is -2.10. The van der Waals surface area contributed by atoms with Gasteiger partial charge in [0.05, 0.1) is 6.61 Å². The first-order valence-electron chi connectivity index (χ1n) is 5.98. The van der Waals surface area contributed by atoms with Crippen molar-refractivity contribution in [3.63, 3.8) is 0 Å². The molecule has 1 heterocycles. The highest BCUT2D eigenvalue weighted by molar-refractivity contribution is 5.57. The molecule has 0 saturated carbocycles. The monoisotopic (exact) mass is 246 g/mol. The summed E-state index contributed by atoms with van der Waals surface area (Å²) in [5.41, 5.74) is 1.85. The lowest BCUT2D eigenvalue weighted by molar-refractivity contribution is 0.282. The summed E-state index contributed by atoms with van der Waals surface area (Å²) in [5.74, 6) is 1.56. The fourth-order valence-corrected chi connectivity index (χ4v) is 1.76. The maximum atomic E-state index is 9.02. The van der Waals surface area contributed by atoms with Crippen LogP contribution in [-0.4, -0.2) is 34.0 Å². The number of nitrogens with zero attached hydrogens (tertiary/aromatic N) is 4. The summed E-state index contributed by atoms with van der Waals surface area (Å²) in [6.45, 7) is 2.88. The van der Waals surface area contributed by atoms with Gasteiger partial charge in [0.25, 0.3) is 0 Å². The number of aliphatic hydroxyl groups is 1. The van der Waals surface area contributed by atoms with Crippen molar-refractivity contribution in [2.75, 3.05) is 19.0 Å². The van der Waals surface area contributed by atoms with E-state index in [1.54, 1.807) is 0 Å². The van der Waals surface area contributed by atoms with E-state index in [0.717, 1.165) is 23.6 Å². The van der Waals surface area contributed by atoms with Crippen molar-refractivity contribution in [1.29, 1.82) is 0 Å². The summed E-state index contributed by atoms with van der Waals surface area (Å²) in [6.07, 6.45) is 0. The minimum atomic E-state index is 0.0556. The van der Waals surface area contributed by atoms with Crippen LogP contribution in [0.4, 0.5) is 5.95 Å². The third-order valence-electron chi connectivity index (χ3n) is 2.75. The molecule has 1 aromatic carbocycles. The van der Waals surface area contributed by atoms with Gasteiger partial charge in [-0.1, -0.05) is 24.3 Å². The molecule has 0 unspecified atom stereocenters. The minimum absolute atomic E-state index is 0.0556. The van der Waals surface area contributed by atoms with Crippen LogP contribution in [0, 0.1) is 0 Å². The van der Waals surface area contributed by atoms with Crippen molar-refractivity contribution in [1.82, 2.24) is 14.8 Å². The van der Waals surface area contributed by atoms with E-state index in [9.17, 15) is 0 Å². The number of aryl methyl sites for hydroxylation is 1. The zero-order valence-corrected chi connectivity index (χ0v) is 11.0. The van der Waals surface area contributed by atoms with Gasteiger partial charge in [-0.3, -0.25) is 0 Å². The number of hydrogen-bond acceptors (Lipinski definition) is 4. The van der Waals surface area contributed by atoms with E-state index in [1.807, 2.05) is 54.9 Å². The summed E-state index contributed by atoms with van der Waals surface area (Å²) >= 11 is 0. The van der Waals surface area contributed by atoms with Crippen LogP contribution < -0.4 is 4.90 Å². The molecule has 0 amide bonds. The third kappa shape index (κ3) is 2.36. The first-order valence-corrected chi connectivity index (χ1v) is 5.98. The molecule has 2 rings (SSSR count). The number of anilines is 1. The average Bonchev–Trinajstić information content (AvgIpc) is 2.83. The van der Waals surface area contributed by atoms with Crippen LogP contribution in [0.15, 0.2) is 24.3 Å². The molecule has 0 aliphatic heterocycles. The van der Waals surface area contributed by atoms with E-state index in [0.29, 0.717) is 5.82 Å². The second-order valence-electron chi connectivity index (χ2n) is 4.30. The standard InChI is InChI=1S/C13H18N4O/c1-4-17-13(16(2)3)14-12(15-17)11-7-5-10(9-18)6-8-11/h5-8,18H,4,9H2,1-3H3. The summed E-state index contributed by atoms with van der Waals surface area (Å²) < 4.78 is 1.87. The van der Waals surface area contributed by atoms with Gasteiger partial charge in [0, 0.05) is 26.2 Å². The Kier molecular flexibility index (Phi) is 3.62. The Balaban J connectivity index is 2.37. The van der Waals surface area contributed by atoms with E-state index in [-0.39, 0.29) is 6.61 Å². The number of aromatic nitrogens is 3. The summed E-state index contributed by atoms with van der Waals surface area (Å²) in [6, 6.07) is 7.63. The van der Waals surface area contributed by atoms with Crippen LogP contribution in [0.5, 0.6) is 0 Å². The largest absolute Gasteiger partial charge is 0.392 e. The smallest absolute Gasteiger partial charge is 0.223 e. The quantitative estimate of drug-likeness (QED) is 0.888. The van der Waals surface area contributed by atoms with E-state index in [1.165, 1.54) is 0 Å². The molecule has 5 heteroatoms. The topological polar surface area (TPSA) is 54.2 Å². The Morgan fingerprint density at radius 2 is 1.89 bits per heavy atom. The van der Waals surface area contributed by atoms with Gasteiger partial charge in [-0.05, 0) is 12.5 Å². The molecule has 0 aliphatic rings. The van der Waals surface area contributed by atoms with Gasteiger partial charge in [-0.15, -0.1) is 5.10 Å². The highest BCUT2D eigenvalue weighted by atomic mass is 16.3. The fourth-order valence-electron chi connectivity index (χ4n) is 1.76. The Labute approximate surface area is 107 Å². The summed E-state index contributed by atoms with van der Waals surface area (Å²) in [4.78, 5) is 6.47. The second kappa shape index (κ2) is 5.18. The molecule has 1 N–H and O–H groups in total. The highest BCUT2D eigenvalue weighted by Crippen LogP contribution is 2.19. The van der Waals surface area contributed by atoms with Crippen LogP contribution >= 0.6 is 0 Å². The molecule has 0 aliphatic carbocycles. The normalized spacial score (nSPS) is 10.7. The van der Waals surface area contributed by atoms with Gasteiger partial charge >= 0.3 is 0 Å². The molecule has 2 aromatic rings. The van der Waals surface area contributed by atoms with Crippen LogP contribution in [0.25, 0.3) is 11.4 Å². The first kappa shape index (κ1) is 12.6. The number of rotatable bonds is 4. The van der Waals surface area contributed by atoms with Gasteiger partial charge in [-0.25, -0.2) is 4.68 Å². The van der Waals surface area contributed by atoms with Crippen LogP contribution in [-0.2, 0) is 13.2 Å². The van der Waals surface area contributed by atoms with Crippen molar-refractivity contribution in [2.24, 2.45) is 0 Å². The zero-order chi connectivity index (χ0) is 13.1. The Bertz CT molecular complexity index is 516. The predicted octanol–water partition coefficient (Wildman–Crippen LogP) is 1.52. The van der Waals surface area contributed by atoms with Crippen molar-refractivity contribution in [3.05, 3.63) is 29.8 Å². The Hall–Kier alpha value is -1.88. The van der Waals surface area contributed by atoms with Crippen molar-refractivity contribution < 1.29 is 5.11 Å². The maximum Gasteiger partial charge on any atom is 0.223 e. The van der Waals surface area contributed by atoms with Crippen molar-refractivity contribution in [2.45, 2.75) is 20.1 Å². The van der Waals surface area contributed by atoms with Gasteiger partial charge in [0.15, 0.2) is 5.82 Å².